The van der Waals surface area contributed by atoms with Gasteiger partial charge in [0.1, 0.15) is 5.75 Å². The Morgan fingerprint density at radius 2 is 2.47 bits per heavy atom. The Bertz CT molecular complexity index is 605. The van der Waals surface area contributed by atoms with Crippen molar-refractivity contribution in [1.29, 1.82) is 0 Å². The van der Waals surface area contributed by atoms with Gasteiger partial charge in [0.2, 0.25) is 5.91 Å². The van der Waals surface area contributed by atoms with Crippen molar-refractivity contribution in [3.05, 3.63) is 18.2 Å². The summed E-state index contributed by atoms with van der Waals surface area (Å²) < 4.78 is 6.20. The molecule has 2 aromatic rings. The molecule has 19 heavy (non-hydrogen) atoms. The summed E-state index contributed by atoms with van der Waals surface area (Å²) in [4.78, 5) is 16.4. The average Bonchev–Trinajstić information content (AvgIpc) is 3.06. The van der Waals surface area contributed by atoms with E-state index in [1.165, 1.54) is 11.3 Å². The fourth-order valence-corrected chi connectivity index (χ4v) is 3.04. The molecule has 0 aliphatic carbocycles. The largest absolute Gasteiger partial charge is 0.497 e. The normalized spacial score (nSPS) is 18.7. The van der Waals surface area contributed by atoms with Gasteiger partial charge < -0.3 is 15.4 Å². The molecule has 3 rings (SSSR count). The maximum atomic E-state index is 12.0. The third kappa shape index (κ3) is 2.54. The number of carbonyl (C=O) groups is 1. The van der Waals surface area contributed by atoms with E-state index in [9.17, 15) is 4.79 Å². The van der Waals surface area contributed by atoms with Gasteiger partial charge >= 0.3 is 0 Å². The van der Waals surface area contributed by atoms with Gasteiger partial charge in [-0.2, -0.15) is 0 Å². The van der Waals surface area contributed by atoms with Crippen LogP contribution in [0.15, 0.2) is 18.2 Å². The minimum absolute atomic E-state index is 0.00326. The van der Waals surface area contributed by atoms with Crippen LogP contribution < -0.4 is 15.4 Å². The number of carbonyl (C=O) groups excluding carboxylic acids is 1. The molecule has 1 aliphatic heterocycles. The van der Waals surface area contributed by atoms with Gasteiger partial charge in [-0.1, -0.05) is 11.3 Å². The molecule has 0 radical (unpaired) electrons. The third-order valence-electron chi connectivity index (χ3n) is 3.20. The Kier molecular flexibility index (Phi) is 3.35. The zero-order valence-corrected chi connectivity index (χ0v) is 11.4. The number of hydrogen-bond donors (Lipinski definition) is 2. The van der Waals surface area contributed by atoms with Gasteiger partial charge in [0.05, 0.1) is 23.4 Å². The lowest BCUT2D eigenvalue weighted by Gasteiger charge is -2.08. The lowest BCUT2D eigenvalue weighted by Crippen LogP contribution is -2.35. The zero-order chi connectivity index (χ0) is 13.2. The smallest absolute Gasteiger partial charge is 0.243 e. The summed E-state index contributed by atoms with van der Waals surface area (Å²) in [6, 6.07) is 5.64. The first-order valence-electron chi connectivity index (χ1n) is 6.25. The molecular formula is C13H15N3O2S. The molecule has 1 unspecified atom stereocenters. The van der Waals surface area contributed by atoms with E-state index in [1.807, 2.05) is 18.2 Å². The van der Waals surface area contributed by atoms with Crippen LogP contribution in [0, 0.1) is 0 Å². The SMILES string of the molecule is COc1ccc2sc(NC(=O)C3CCCN3)nc2c1. The van der Waals surface area contributed by atoms with Crippen molar-refractivity contribution >= 4 is 32.6 Å². The van der Waals surface area contributed by atoms with Gasteiger partial charge in [-0.25, -0.2) is 4.98 Å². The van der Waals surface area contributed by atoms with Crippen LogP contribution in [0.5, 0.6) is 5.75 Å². The number of benzene rings is 1. The number of fused-ring (bicyclic) bond motifs is 1. The minimum Gasteiger partial charge on any atom is -0.497 e. The lowest BCUT2D eigenvalue weighted by atomic mass is 10.2. The first kappa shape index (κ1) is 12.4. The molecule has 100 valence electrons. The molecule has 1 amide bonds. The first-order valence-corrected chi connectivity index (χ1v) is 7.07. The highest BCUT2D eigenvalue weighted by Crippen LogP contribution is 2.29. The fraction of sp³-hybridized carbons (Fsp3) is 0.385. The van der Waals surface area contributed by atoms with Crippen LogP contribution in [-0.2, 0) is 4.79 Å². The Morgan fingerprint density at radius 1 is 1.58 bits per heavy atom. The summed E-state index contributed by atoms with van der Waals surface area (Å²) in [5, 5.41) is 6.69. The van der Waals surface area contributed by atoms with Crippen LogP contribution in [-0.4, -0.2) is 30.6 Å². The van der Waals surface area contributed by atoms with Crippen LogP contribution in [0.1, 0.15) is 12.8 Å². The van der Waals surface area contributed by atoms with E-state index < -0.39 is 0 Å². The number of hydrogen-bond acceptors (Lipinski definition) is 5. The highest BCUT2D eigenvalue weighted by Gasteiger charge is 2.22. The second kappa shape index (κ2) is 5.14. The van der Waals surface area contributed by atoms with Crippen LogP contribution in [0.25, 0.3) is 10.2 Å². The molecule has 1 atom stereocenters. The topological polar surface area (TPSA) is 63.2 Å². The predicted octanol–water partition coefficient (Wildman–Crippen LogP) is 2.00. The summed E-state index contributed by atoms with van der Waals surface area (Å²) in [6.07, 6.45) is 1.94. The van der Waals surface area contributed by atoms with Gasteiger partial charge in [0.15, 0.2) is 5.13 Å². The molecule has 0 spiro atoms. The Balaban J connectivity index is 1.79. The van der Waals surface area contributed by atoms with Crippen molar-refractivity contribution < 1.29 is 9.53 Å². The molecule has 1 aromatic carbocycles. The summed E-state index contributed by atoms with van der Waals surface area (Å²) in [6.45, 7) is 0.912. The predicted molar refractivity (Wildman–Crippen MR) is 75.8 cm³/mol. The Labute approximate surface area is 115 Å². The molecule has 2 N–H and O–H groups in total. The molecule has 0 saturated carbocycles. The highest BCUT2D eigenvalue weighted by atomic mass is 32.1. The number of anilines is 1. The molecule has 0 bridgehead atoms. The number of amides is 1. The molecule has 2 heterocycles. The van der Waals surface area contributed by atoms with Crippen molar-refractivity contribution in [2.45, 2.75) is 18.9 Å². The summed E-state index contributed by atoms with van der Waals surface area (Å²) >= 11 is 1.48. The number of rotatable bonds is 3. The van der Waals surface area contributed by atoms with Crippen molar-refractivity contribution in [3.63, 3.8) is 0 Å². The van der Waals surface area contributed by atoms with E-state index in [0.717, 1.165) is 35.4 Å². The number of thiazole rings is 1. The maximum absolute atomic E-state index is 12.0. The fourth-order valence-electron chi connectivity index (χ4n) is 2.19. The summed E-state index contributed by atoms with van der Waals surface area (Å²) in [5.41, 5.74) is 0.846. The number of nitrogens with one attached hydrogen (secondary N) is 2. The van der Waals surface area contributed by atoms with Gasteiger partial charge in [-0.05, 0) is 31.5 Å². The van der Waals surface area contributed by atoms with E-state index in [4.69, 9.17) is 4.74 Å². The van der Waals surface area contributed by atoms with Gasteiger partial charge in [-0.15, -0.1) is 0 Å². The standard InChI is InChI=1S/C13H15N3O2S/c1-18-8-4-5-11-10(7-8)15-13(19-11)16-12(17)9-3-2-6-14-9/h4-5,7,9,14H,2-3,6H2,1H3,(H,15,16,17). The molecule has 1 aromatic heterocycles. The molecule has 1 fully saturated rings. The molecule has 1 saturated heterocycles. The monoisotopic (exact) mass is 277 g/mol. The van der Waals surface area contributed by atoms with Crippen LogP contribution in [0.3, 0.4) is 0 Å². The van der Waals surface area contributed by atoms with E-state index in [-0.39, 0.29) is 11.9 Å². The zero-order valence-electron chi connectivity index (χ0n) is 10.6. The van der Waals surface area contributed by atoms with Crippen molar-refractivity contribution in [2.75, 3.05) is 19.0 Å². The Hall–Kier alpha value is -1.66. The maximum Gasteiger partial charge on any atom is 0.243 e. The van der Waals surface area contributed by atoms with Crippen LogP contribution in [0.2, 0.25) is 0 Å². The second-order valence-electron chi connectivity index (χ2n) is 4.49. The van der Waals surface area contributed by atoms with Crippen molar-refractivity contribution in [2.24, 2.45) is 0 Å². The van der Waals surface area contributed by atoms with Gasteiger partial charge in [0, 0.05) is 6.07 Å². The van der Waals surface area contributed by atoms with Gasteiger partial charge in [-0.3, -0.25) is 4.79 Å². The second-order valence-corrected chi connectivity index (χ2v) is 5.52. The van der Waals surface area contributed by atoms with Crippen molar-refractivity contribution in [1.82, 2.24) is 10.3 Å². The summed E-state index contributed by atoms with van der Waals surface area (Å²) in [7, 11) is 1.63. The number of nitrogens with zero attached hydrogens (tertiary/aromatic N) is 1. The van der Waals surface area contributed by atoms with E-state index in [1.54, 1.807) is 7.11 Å². The van der Waals surface area contributed by atoms with Crippen LogP contribution in [0.4, 0.5) is 5.13 Å². The molecule has 1 aliphatic rings. The van der Waals surface area contributed by atoms with E-state index in [2.05, 4.69) is 15.6 Å². The highest BCUT2D eigenvalue weighted by molar-refractivity contribution is 7.22. The van der Waals surface area contributed by atoms with Gasteiger partial charge in [0.25, 0.3) is 0 Å². The van der Waals surface area contributed by atoms with E-state index in [0.29, 0.717) is 5.13 Å². The number of ether oxygens (including phenoxy) is 1. The lowest BCUT2D eigenvalue weighted by molar-refractivity contribution is -0.117. The quantitative estimate of drug-likeness (QED) is 0.900. The summed E-state index contributed by atoms with van der Waals surface area (Å²) in [5.74, 6) is 0.775. The average molecular weight is 277 g/mol. The Morgan fingerprint density at radius 3 is 3.21 bits per heavy atom. The van der Waals surface area contributed by atoms with Crippen LogP contribution >= 0.6 is 11.3 Å². The molecule has 6 heteroatoms. The number of methoxy groups -OCH3 is 1. The van der Waals surface area contributed by atoms with E-state index >= 15 is 0 Å². The first-order chi connectivity index (χ1) is 9.26. The van der Waals surface area contributed by atoms with Crippen molar-refractivity contribution in [3.8, 4) is 5.75 Å². The number of aromatic nitrogens is 1. The minimum atomic E-state index is -0.0819. The molecular weight excluding hydrogens is 262 g/mol. The third-order valence-corrected chi connectivity index (χ3v) is 4.15. The molecule has 5 nitrogen and oxygen atoms in total.